The van der Waals surface area contributed by atoms with Crippen molar-refractivity contribution >= 4 is 35.5 Å². The van der Waals surface area contributed by atoms with Gasteiger partial charge in [-0.05, 0) is 72.1 Å². The molecule has 0 spiro atoms. The van der Waals surface area contributed by atoms with Crippen molar-refractivity contribution in [3.8, 4) is 0 Å². The van der Waals surface area contributed by atoms with E-state index in [0.717, 1.165) is 55.1 Å². The first-order valence-electron chi connectivity index (χ1n) is 11.7. The Morgan fingerprint density at radius 3 is 2.64 bits per heavy atom. The van der Waals surface area contributed by atoms with Crippen molar-refractivity contribution in [3.63, 3.8) is 0 Å². The van der Waals surface area contributed by atoms with Crippen molar-refractivity contribution in [1.82, 2.24) is 5.01 Å². The molecule has 2 aromatic rings. The lowest BCUT2D eigenvalue weighted by Gasteiger charge is -2.32. The molecule has 1 amide bonds. The Kier molecular flexibility index (Phi) is 7.70. The monoisotopic (exact) mass is 465 g/mol. The largest absolute Gasteiger partial charge is 0.481 e. The zero-order valence-corrected chi connectivity index (χ0v) is 19.8. The van der Waals surface area contributed by atoms with Gasteiger partial charge in [-0.3, -0.25) is 14.6 Å². The Labute approximate surface area is 199 Å². The highest BCUT2D eigenvalue weighted by Crippen LogP contribution is 2.41. The molecule has 2 aromatic carbocycles. The molecule has 1 aliphatic carbocycles. The fourth-order valence-electron chi connectivity index (χ4n) is 4.82. The van der Waals surface area contributed by atoms with Gasteiger partial charge in [-0.25, -0.2) is 0 Å². The maximum atomic E-state index is 12.8. The number of hydrogen-bond donors (Lipinski definition) is 2. The summed E-state index contributed by atoms with van der Waals surface area (Å²) >= 11 is 1.96. The van der Waals surface area contributed by atoms with E-state index in [0.29, 0.717) is 5.56 Å². The molecule has 1 fully saturated rings. The van der Waals surface area contributed by atoms with Crippen molar-refractivity contribution < 1.29 is 14.7 Å². The topological polar surface area (TPSA) is 82.0 Å². The number of hydrogen-bond acceptors (Lipinski definition) is 5. The lowest BCUT2D eigenvalue weighted by molar-refractivity contribution is -0.138. The van der Waals surface area contributed by atoms with Crippen LogP contribution in [0.3, 0.4) is 0 Å². The fraction of sp³-hybridized carbons (Fsp3) is 0.423. The number of carbonyl (C=O) groups excluding carboxylic acids is 1. The lowest BCUT2D eigenvalue weighted by Crippen LogP contribution is -2.27. The number of aliphatic carboxylic acids is 1. The second kappa shape index (κ2) is 10.9. The molecule has 1 aliphatic heterocycles. The third-order valence-corrected chi connectivity index (χ3v) is 7.50. The van der Waals surface area contributed by atoms with Gasteiger partial charge < -0.3 is 10.4 Å². The molecule has 2 atom stereocenters. The Bertz CT molecular complexity index is 1020. The molecule has 174 valence electrons. The van der Waals surface area contributed by atoms with E-state index < -0.39 is 5.97 Å². The maximum Gasteiger partial charge on any atom is 0.303 e. The summed E-state index contributed by atoms with van der Waals surface area (Å²) < 4.78 is 0. The Balaban J connectivity index is 1.39. The number of rotatable bonds is 7. The maximum absolute atomic E-state index is 12.8. The number of amides is 1. The highest BCUT2D eigenvalue weighted by Gasteiger charge is 2.30. The number of nitrogens with zero attached hydrogens (tertiary/aromatic N) is 2. The van der Waals surface area contributed by atoms with Crippen LogP contribution in [-0.2, 0) is 11.2 Å². The number of carboxylic acid groups (broad SMARTS) is 1. The molecular formula is C26H31N3O3S. The number of anilines is 1. The smallest absolute Gasteiger partial charge is 0.303 e. The number of carboxylic acids is 1. The van der Waals surface area contributed by atoms with Gasteiger partial charge in [0.2, 0.25) is 0 Å². The molecule has 33 heavy (non-hydrogen) atoms. The van der Waals surface area contributed by atoms with Crippen LogP contribution in [0, 0.1) is 5.92 Å². The van der Waals surface area contributed by atoms with Crippen molar-refractivity contribution in [3.05, 3.63) is 64.7 Å². The first-order valence-corrected chi connectivity index (χ1v) is 12.8. The van der Waals surface area contributed by atoms with Crippen molar-refractivity contribution in [2.75, 3.05) is 29.9 Å². The van der Waals surface area contributed by atoms with Crippen molar-refractivity contribution in [2.24, 2.45) is 11.0 Å². The fourth-order valence-corrected chi connectivity index (χ4v) is 5.70. The predicted octanol–water partition coefficient (Wildman–Crippen LogP) is 4.85. The normalized spacial score (nSPS) is 20.5. The Morgan fingerprint density at radius 1 is 1.18 bits per heavy atom. The number of hydrazone groups is 1. The molecule has 2 unspecified atom stereocenters. The van der Waals surface area contributed by atoms with E-state index in [9.17, 15) is 14.7 Å². The first kappa shape index (κ1) is 23.4. The predicted molar refractivity (Wildman–Crippen MR) is 134 cm³/mol. The van der Waals surface area contributed by atoms with Gasteiger partial charge in [0.15, 0.2) is 0 Å². The van der Waals surface area contributed by atoms with Crippen LogP contribution < -0.4 is 5.32 Å². The van der Waals surface area contributed by atoms with Gasteiger partial charge in [-0.2, -0.15) is 16.9 Å². The molecular weight excluding hydrogens is 434 g/mol. The number of thioether (sulfide) groups is 1. The van der Waals surface area contributed by atoms with E-state index in [1.807, 2.05) is 54.4 Å². The minimum absolute atomic E-state index is 0.141. The summed E-state index contributed by atoms with van der Waals surface area (Å²) in [4.78, 5) is 24.0. The summed E-state index contributed by atoms with van der Waals surface area (Å²) in [5.41, 5.74) is 4.79. The Morgan fingerprint density at radius 2 is 1.94 bits per heavy atom. The molecule has 6 nitrogen and oxygen atoms in total. The zero-order valence-electron chi connectivity index (χ0n) is 19.0. The van der Waals surface area contributed by atoms with E-state index in [1.165, 1.54) is 11.1 Å². The van der Waals surface area contributed by atoms with Crippen LogP contribution in [0.2, 0.25) is 0 Å². The van der Waals surface area contributed by atoms with Crippen LogP contribution in [-0.4, -0.2) is 52.8 Å². The van der Waals surface area contributed by atoms with E-state index in [1.54, 1.807) is 0 Å². The summed E-state index contributed by atoms with van der Waals surface area (Å²) in [5, 5.41) is 18.9. The van der Waals surface area contributed by atoms with E-state index in [2.05, 4.69) is 28.4 Å². The minimum Gasteiger partial charge on any atom is -0.481 e. The average Bonchev–Trinajstić information content (AvgIpc) is 2.83. The van der Waals surface area contributed by atoms with Crippen LogP contribution in [0.4, 0.5) is 5.69 Å². The number of fused-ring (bicyclic) bond motifs is 1. The average molecular weight is 466 g/mol. The van der Waals surface area contributed by atoms with Gasteiger partial charge >= 0.3 is 5.97 Å². The molecule has 0 radical (unpaired) electrons. The number of aryl methyl sites for hydroxylation is 1. The molecule has 1 saturated heterocycles. The third-order valence-electron chi connectivity index (χ3n) is 6.56. The van der Waals surface area contributed by atoms with Gasteiger partial charge in [-0.15, -0.1) is 0 Å². The van der Waals surface area contributed by atoms with Gasteiger partial charge in [0.05, 0.1) is 6.21 Å². The molecule has 1 heterocycles. The third kappa shape index (κ3) is 5.96. The van der Waals surface area contributed by atoms with Crippen LogP contribution in [0.25, 0.3) is 0 Å². The van der Waals surface area contributed by atoms with E-state index >= 15 is 0 Å². The second-order valence-corrected chi connectivity index (χ2v) is 9.94. The second-order valence-electron chi connectivity index (χ2n) is 8.71. The number of carbonyl (C=O) groups is 2. The van der Waals surface area contributed by atoms with Crippen molar-refractivity contribution in [2.45, 2.75) is 38.5 Å². The standard InChI is InChI=1S/C26H31N3O3S/c1-2-23-21(16-25(30)31)8-7-20-15-22(9-10-24(20)23)28-26(32)19-5-3-18(4-6-19)17-27-29-11-13-33-14-12-29/h3-6,9-10,15,17,21,23H,2,7-8,11-14,16H2,1H3,(H,28,32)(H,30,31). The van der Waals surface area contributed by atoms with Gasteiger partial charge in [0.1, 0.15) is 0 Å². The van der Waals surface area contributed by atoms with Gasteiger partial charge in [0.25, 0.3) is 5.91 Å². The van der Waals surface area contributed by atoms with E-state index in [4.69, 9.17) is 0 Å². The first-order chi connectivity index (χ1) is 16.0. The van der Waals surface area contributed by atoms with Crippen LogP contribution in [0.15, 0.2) is 47.6 Å². The highest BCUT2D eigenvalue weighted by molar-refractivity contribution is 7.99. The summed E-state index contributed by atoms with van der Waals surface area (Å²) in [7, 11) is 0. The molecule has 0 bridgehead atoms. The van der Waals surface area contributed by atoms with Crippen molar-refractivity contribution in [1.29, 1.82) is 0 Å². The number of nitrogens with one attached hydrogen (secondary N) is 1. The van der Waals surface area contributed by atoms with Crippen LogP contribution in [0.1, 0.15) is 59.2 Å². The molecule has 0 aromatic heterocycles. The minimum atomic E-state index is -0.728. The molecule has 7 heteroatoms. The van der Waals surface area contributed by atoms with E-state index in [-0.39, 0.29) is 24.2 Å². The van der Waals surface area contributed by atoms with Crippen LogP contribution in [0.5, 0.6) is 0 Å². The molecule has 2 aliphatic rings. The Hall–Kier alpha value is -2.80. The quantitative estimate of drug-likeness (QED) is 0.571. The number of benzene rings is 2. The lowest BCUT2D eigenvalue weighted by atomic mass is 9.72. The summed E-state index contributed by atoms with van der Waals surface area (Å²) in [6, 6.07) is 13.5. The van der Waals surface area contributed by atoms with Gasteiger partial charge in [0, 0.05) is 42.3 Å². The highest BCUT2D eigenvalue weighted by atomic mass is 32.2. The summed E-state index contributed by atoms with van der Waals surface area (Å²) in [5.74, 6) is 1.79. The zero-order chi connectivity index (χ0) is 23.2. The summed E-state index contributed by atoms with van der Waals surface area (Å²) in [6.07, 6.45) is 4.70. The SMILES string of the molecule is CCC1c2ccc(NC(=O)c3ccc(C=NN4CCSCC4)cc3)cc2CCC1CC(=O)O. The molecule has 2 N–H and O–H groups in total. The molecule has 4 rings (SSSR count). The van der Waals surface area contributed by atoms with Gasteiger partial charge in [-0.1, -0.05) is 25.1 Å². The van der Waals surface area contributed by atoms with Crippen LogP contribution >= 0.6 is 11.8 Å². The summed E-state index contributed by atoms with van der Waals surface area (Å²) in [6.45, 7) is 4.06. The molecule has 0 saturated carbocycles.